The molecule has 5 nitrogen and oxygen atoms in total. The number of ether oxygens (including phenoxy) is 1. The van der Waals surface area contributed by atoms with E-state index < -0.39 is 5.60 Å². The topological polar surface area (TPSA) is 64.3 Å². The summed E-state index contributed by atoms with van der Waals surface area (Å²) in [7, 11) is 1.64. The molecule has 0 unspecified atom stereocenters. The van der Waals surface area contributed by atoms with Gasteiger partial charge in [-0.25, -0.2) is 0 Å². The largest absolute Gasteiger partial charge is 0.497 e. The Bertz CT molecular complexity index is 981. The lowest BCUT2D eigenvalue weighted by atomic mass is 10.00. The summed E-state index contributed by atoms with van der Waals surface area (Å²) in [6.07, 6.45) is 0. The predicted molar refractivity (Wildman–Crippen MR) is 107 cm³/mol. The van der Waals surface area contributed by atoms with Crippen molar-refractivity contribution in [3.05, 3.63) is 48.2 Å². The smallest absolute Gasteiger partial charge is 0.186 e. The van der Waals surface area contributed by atoms with Gasteiger partial charge in [-0.15, -0.1) is 0 Å². The predicted octanol–water partition coefficient (Wildman–Crippen LogP) is 4.32. The summed E-state index contributed by atoms with van der Waals surface area (Å²) in [5, 5.41) is 15.6. The van der Waals surface area contributed by atoms with Gasteiger partial charge in [0.25, 0.3) is 0 Å². The van der Waals surface area contributed by atoms with Crippen molar-refractivity contribution in [1.29, 1.82) is 0 Å². The molecule has 0 bridgehead atoms. The quantitative estimate of drug-likeness (QED) is 0.660. The van der Waals surface area contributed by atoms with Gasteiger partial charge in [0.05, 0.1) is 24.8 Å². The van der Waals surface area contributed by atoms with Gasteiger partial charge in [0, 0.05) is 11.3 Å². The fraction of sp³-hybridized carbons (Fsp3) is 0.364. The molecule has 0 saturated heterocycles. The summed E-state index contributed by atoms with van der Waals surface area (Å²) in [4.78, 5) is 12.6. The molecule has 1 aromatic heterocycles. The number of Topliss-reactive ketones (excluding diaryl/α,β-unsaturated/α-hetero) is 1. The number of nitrogens with zero attached hydrogens (tertiary/aromatic N) is 2. The van der Waals surface area contributed by atoms with E-state index in [1.54, 1.807) is 25.6 Å². The number of rotatable bonds is 6. The van der Waals surface area contributed by atoms with Crippen LogP contribution in [-0.2, 0) is 6.54 Å². The van der Waals surface area contributed by atoms with E-state index in [4.69, 9.17) is 4.74 Å². The van der Waals surface area contributed by atoms with E-state index in [1.807, 2.05) is 56.3 Å². The van der Waals surface area contributed by atoms with Crippen molar-refractivity contribution in [3.63, 3.8) is 0 Å². The highest BCUT2D eigenvalue weighted by atomic mass is 16.5. The molecule has 3 rings (SSSR count). The minimum atomic E-state index is -0.941. The molecule has 0 aliphatic heterocycles. The third-order valence-corrected chi connectivity index (χ3v) is 4.45. The normalized spacial score (nSPS) is 12.0. The van der Waals surface area contributed by atoms with E-state index in [9.17, 15) is 9.90 Å². The number of fused-ring (bicyclic) bond motifs is 1. The first-order valence-electron chi connectivity index (χ1n) is 9.11. The Kier molecular flexibility index (Phi) is 5.07. The van der Waals surface area contributed by atoms with Gasteiger partial charge in [-0.05, 0) is 49.2 Å². The average molecular weight is 366 g/mol. The van der Waals surface area contributed by atoms with E-state index in [-0.39, 0.29) is 11.7 Å². The first kappa shape index (κ1) is 19.1. The Balaban J connectivity index is 2.18. The Morgan fingerprint density at radius 2 is 1.89 bits per heavy atom. The molecule has 1 N–H and O–H groups in total. The highest BCUT2D eigenvalue weighted by Gasteiger charge is 2.23. The molecule has 0 spiro atoms. The van der Waals surface area contributed by atoms with Gasteiger partial charge >= 0.3 is 0 Å². The lowest BCUT2D eigenvalue weighted by Gasteiger charge is -2.17. The summed E-state index contributed by atoms with van der Waals surface area (Å²) < 4.78 is 7.05. The lowest BCUT2D eigenvalue weighted by Crippen LogP contribution is -2.26. The van der Waals surface area contributed by atoms with Gasteiger partial charge in [-0.1, -0.05) is 32.0 Å². The van der Waals surface area contributed by atoms with Crippen molar-refractivity contribution in [3.8, 4) is 16.9 Å². The van der Waals surface area contributed by atoms with E-state index in [1.165, 1.54) is 0 Å². The monoisotopic (exact) mass is 366 g/mol. The maximum absolute atomic E-state index is 12.6. The molecule has 1 heterocycles. The second kappa shape index (κ2) is 7.16. The second-order valence-electron chi connectivity index (χ2n) is 7.80. The number of benzene rings is 2. The van der Waals surface area contributed by atoms with Crippen LogP contribution in [-0.4, -0.2) is 33.4 Å². The summed E-state index contributed by atoms with van der Waals surface area (Å²) >= 11 is 0. The van der Waals surface area contributed by atoms with Crippen LogP contribution < -0.4 is 4.74 Å². The van der Waals surface area contributed by atoms with Crippen LogP contribution >= 0.6 is 0 Å². The molecule has 0 saturated carbocycles. The molecular weight excluding hydrogens is 340 g/mol. The van der Waals surface area contributed by atoms with Crippen molar-refractivity contribution >= 4 is 16.7 Å². The minimum Gasteiger partial charge on any atom is -0.497 e. The molecule has 0 fully saturated rings. The van der Waals surface area contributed by atoms with Crippen molar-refractivity contribution in [1.82, 2.24) is 9.78 Å². The van der Waals surface area contributed by atoms with Gasteiger partial charge < -0.3 is 9.84 Å². The average Bonchev–Trinajstić information content (AvgIpc) is 2.97. The van der Waals surface area contributed by atoms with E-state index in [0.29, 0.717) is 12.2 Å². The Morgan fingerprint density at radius 1 is 1.19 bits per heavy atom. The van der Waals surface area contributed by atoms with Gasteiger partial charge in [0.2, 0.25) is 0 Å². The summed E-state index contributed by atoms with van der Waals surface area (Å²) in [6.45, 7) is 7.50. The fourth-order valence-corrected chi connectivity index (χ4v) is 3.10. The number of carbonyl (C=O) groups is 1. The molecule has 0 aliphatic rings. The second-order valence-corrected chi connectivity index (χ2v) is 7.80. The van der Waals surface area contributed by atoms with Crippen LogP contribution in [0.3, 0.4) is 0 Å². The van der Waals surface area contributed by atoms with E-state index in [2.05, 4.69) is 5.10 Å². The van der Waals surface area contributed by atoms with Crippen LogP contribution in [0.15, 0.2) is 42.5 Å². The maximum atomic E-state index is 12.6. The number of methoxy groups -OCH3 is 1. The highest BCUT2D eigenvalue weighted by molar-refractivity contribution is 6.07. The number of ketones is 1. The maximum Gasteiger partial charge on any atom is 0.186 e. The van der Waals surface area contributed by atoms with E-state index >= 15 is 0 Å². The van der Waals surface area contributed by atoms with Gasteiger partial charge in [0.1, 0.15) is 11.4 Å². The molecule has 2 aromatic carbocycles. The molecule has 3 aromatic rings. The molecule has 27 heavy (non-hydrogen) atoms. The SMILES string of the molecule is COc1cccc(-c2ccc3c(C(=O)C(C)C)nn(CC(C)(C)O)c3c2)c1. The summed E-state index contributed by atoms with van der Waals surface area (Å²) in [5.74, 6) is 0.647. The number of hydrogen-bond acceptors (Lipinski definition) is 4. The van der Waals surface area contributed by atoms with Gasteiger partial charge in [-0.3, -0.25) is 9.48 Å². The zero-order valence-corrected chi connectivity index (χ0v) is 16.5. The molecule has 0 amide bonds. The molecule has 0 aliphatic carbocycles. The van der Waals surface area contributed by atoms with Crippen molar-refractivity contribution in [2.24, 2.45) is 5.92 Å². The van der Waals surface area contributed by atoms with Crippen LogP contribution in [0.5, 0.6) is 5.75 Å². The van der Waals surface area contributed by atoms with E-state index in [0.717, 1.165) is 27.8 Å². The van der Waals surface area contributed by atoms with Crippen LogP contribution in [0.1, 0.15) is 38.2 Å². The number of hydrogen-bond donors (Lipinski definition) is 1. The molecular formula is C22H26N2O3. The van der Waals surface area contributed by atoms with Crippen molar-refractivity contribution in [2.45, 2.75) is 39.8 Å². The van der Waals surface area contributed by atoms with Gasteiger partial charge in [-0.2, -0.15) is 5.10 Å². The Labute approximate surface area is 159 Å². The molecule has 5 heteroatoms. The first-order chi connectivity index (χ1) is 12.7. The van der Waals surface area contributed by atoms with Crippen molar-refractivity contribution in [2.75, 3.05) is 7.11 Å². The van der Waals surface area contributed by atoms with Crippen LogP contribution in [0, 0.1) is 5.92 Å². The van der Waals surface area contributed by atoms with Crippen LogP contribution in [0.25, 0.3) is 22.0 Å². The highest BCUT2D eigenvalue weighted by Crippen LogP contribution is 2.30. The third kappa shape index (κ3) is 4.03. The number of aromatic nitrogens is 2. The zero-order chi connectivity index (χ0) is 19.8. The van der Waals surface area contributed by atoms with Crippen molar-refractivity contribution < 1.29 is 14.6 Å². The number of aliphatic hydroxyl groups is 1. The molecule has 142 valence electrons. The summed E-state index contributed by atoms with van der Waals surface area (Å²) in [5.41, 5.74) is 2.37. The minimum absolute atomic E-state index is 0.00336. The van der Waals surface area contributed by atoms with Crippen LogP contribution in [0.2, 0.25) is 0 Å². The van der Waals surface area contributed by atoms with Crippen LogP contribution in [0.4, 0.5) is 0 Å². The standard InChI is InChI=1S/C22H26N2O3/c1-14(2)21(25)20-18-10-9-16(15-7-6-8-17(11-15)27-5)12-19(18)24(23-20)13-22(3,4)26/h6-12,14,26H,13H2,1-5H3. The fourth-order valence-electron chi connectivity index (χ4n) is 3.10. The Morgan fingerprint density at radius 3 is 2.52 bits per heavy atom. The first-order valence-corrected chi connectivity index (χ1v) is 9.11. The summed E-state index contributed by atoms with van der Waals surface area (Å²) in [6, 6.07) is 13.8. The van der Waals surface area contributed by atoms with Gasteiger partial charge in [0.15, 0.2) is 5.78 Å². The lowest BCUT2D eigenvalue weighted by molar-refractivity contribution is 0.0587. The molecule has 0 atom stereocenters. The Hall–Kier alpha value is -2.66. The number of carbonyl (C=O) groups excluding carboxylic acids is 1. The zero-order valence-electron chi connectivity index (χ0n) is 16.5. The third-order valence-electron chi connectivity index (χ3n) is 4.45. The molecule has 0 radical (unpaired) electrons.